The fourth-order valence-corrected chi connectivity index (χ4v) is 3.44. The third-order valence-corrected chi connectivity index (χ3v) is 4.91. The molecule has 3 N–H and O–H groups in total. The maximum absolute atomic E-state index is 12.1. The Balaban J connectivity index is 0.00000392. The van der Waals surface area contributed by atoms with Crippen LogP contribution in [0, 0.1) is 0 Å². The molecule has 1 aromatic carbocycles. The van der Waals surface area contributed by atoms with Gasteiger partial charge >= 0.3 is 0 Å². The highest BCUT2D eigenvalue weighted by atomic mass is 127. The second-order valence-electron chi connectivity index (χ2n) is 6.65. The van der Waals surface area contributed by atoms with Crippen LogP contribution in [0.4, 0.5) is 0 Å². The van der Waals surface area contributed by atoms with Crippen molar-refractivity contribution in [3.63, 3.8) is 0 Å². The molecular formula is C20H34IN5O2. The molecule has 0 aromatic heterocycles. The number of rotatable bonds is 8. The van der Waals surface area contributed by atoms with E-state index in [-0.39, 0.29) is 35.6 Å². The number of nitrogens with one attached hydrogen (secondary N) is 2. The van der Waals surface area contributed by atoms with Gasteiger partial charge in [-0.15, -0.1) is 24.0 Å². The van der Waals surface area contributed by atoms with E-state index in [1.165, 1.54) is 12.1 Å². The van der Waals surface area contributed by atoms with Crippen LogP contribution in [0.5, 0.6) is 5.75 Å². The molecule has 0 saturated carbocycles. The number of aromatic hydroxyl groups is 1. The summed E-state index contributed by atoms with van der Waals surface area (Å²) in [6.45, 7) is 12.5. The van der Waals surface area contributed by atoms with Crippen LogP contribution in [0.1, 0.15) is 37.6 Å². The lowest BCUT2D eigenvalue weighted by Crippen LogP contribution is -2.43. The molecule has 1 aliphatic heterocycles. The van der Waals surface area contributed by atoms with Crippen molar-refractivity contribution in [1.82, 2.24) is 20.4 Å². The Morgan fingerprint density at radius 2 is 1.89 bits per heavy atom. The number of carbonyl (C=O) groups excluding carboxylic acids is 1. The first-order valence-electron chi connectivity index (χ1n) is 9.93. The van der Waals surface area contributed by atoms with Crippen molar-refractivity contribution in [3.8, 4) is 5.75 Å². The van der Waals surface area contributed by atoms with Crippen LogP contribution in [-0.2, 0) is 0 Å². The van der Waals surface area contributed by atoms with Crippen LogP contribution in [0.2, 0.25) is 0 Å². The molecule has 8 heteroatoms. The molecule has 1 aliphatic rings. The number of hydrogen-bond donors (Lipinski definition) is 3. The Morgan fingerprint density at radius 1 is 1.21 bits per heavy atom. The first-order chi connectivity index (χ1) is 13.1. The predicted molar refractivity (Wildman–Crippen MR) is 125 cm³/mol. The van der Waals surface area contributed by atoms with E-state index in [0.717, 1.165) is 45.1 Å². The number of likely N-dealkylation sites (N-methyl/N-ethyl adjacent to an activating group) is 1. The van der Waals surface area contributed by atoms with E-state index < -0.39 is 0 Å². The van der Waals surface area contributed by atoms with Gasteiger partial charge in [0, 0.05) is 37.8 Å². The van der Waals surface area contributed by atoms with Crippen LogP contribution >= 0.6 is 24.0 Å². The molecule has 0 bridgehead atoms. The van der Waals surface area contributed by atoms with Gasteiger partial charge in [0.2, 0.25) is 0 Å². The summed E-state index contributed by atoms with van der Waals surface area (Å²) in [5.74, 6) is 0.920. The summed E-state index contributed by atoms with van der Waals surface area (Å²) in [5, 5.41) is 15.5. The maximum Gasteiger partial charge on any atom is 0.251 e. The average Bonchev–Trinajstić information content (AvgIpc) is 3.15. The number of benzene rings is 1. The Hall–Kier alpha value is -1.55. The van der Waals surface area contributed by atoms with Gasteiger partial charge in [0.1, 0.15) is 5.75 Å². The number of phenols is 1. The van der Waals surface area contributed by atoms with E-state index in [1.54, 1.807) is 12.1 Å². The predicted octanol–water partition coefficient (Wildman–Crippen LogP) is 2.12. The van der Waals surface area contributed by atoms with E-state index in [0.29, 0.717) is 24.7 Å². The number of carbonyl (C=O) groups is 1. The summed E-state index contributed by atoms with van der Waals surface area (Å²) in [7, 11) is 0. The minimum Gasteiger partial charge on any atom is -0.508 e. The van der Waals surface area contributed by atoms with Crippen molar-refractivity contribution in [2.75, 3.05) is 45.8 Å². The zero-order valence-corrected chi connectivity index (χ0v) is 19.5. The van der Waals surface area contributed by atoms with Crippen molar-refractivity contribution in [2.24, 2.45) is 4.99 Å². The largest absolute Gasteiger partial charge is 0.508 e. The van der Waals surface area contributed by atoms with Gasteiger partial charge < -0.3 is 20.6 Å². The quantitative estimate of drug-likeness (QED) is 0.219. The van der Waals surface area contributed by atoms with Crippen LogP contribution in [0.3, 0.4) is 0 Å². The minimum atomic E-state index is -0.155. The van der Waals surface area contributed by atoms with Gasteiger partial charge in [-0.25, -0.2) is 0 Å². The maximum atomic E-state index is 12.1. The summed E-state index contributed by atoms with van der Waals surface area (Å²) in [5.41, 5.74) is 0.533. The first kappa shape index (κ1) is 24.5. The molecule has 0 spiro atoms. The Bertz CT molecular complexity index is 620. The van der Waals surface area contributed by atoms with Gasteiger partial charge in [0.05, 0.1) is 6.54 Å². The van der Waals surface area contributed by atoms with Crippen molar-refractivity contribution < 1.29 is 9.90 Å². The smallest absolute Gasteiger partial charge is 0.251 e. The van der Waals surface area contributed by atoms with Gasteiger partial charge in [-0.3, -0.25) is 14.7 Å². The Morgan fingerprint density at radius 3 is 2.50 bits per heavy atom. The van der Waals surface area contributed by atoms with E-state index in [9.17, 15) is 9.90 Å². The molecule has 7 nitrogen and oxygen atoms in total. The summed E-state index contributed by atoms with van der Waals surface area (Å²) in [4.78, 5) is 21.6. The molecule has 1 aromatic rings. The average molecular weight is 503 g/mol. The highest BCUT2D eigenvalue weighted by Crippen LogP contribution is 2.15. The normalized spacial score (nSPS) is 16.8. The van der Waals surface area contributed by atoms with Crippen molar-refractivity contribution >= 4 is 35.8 Å². The molecule has 0 radical (unpaired) electrons. The number of guanidine groups is 1. The Labute approximate surface area is 185 Å². The zero-order chi connectivity index (χ0) is 19.6. The minimum absolute atomic E-state index is 0. The lowest BCUT2D eigenvalue weighted by atomic mass is 10.2. The zero-order valence-electron chi connectivity index (χ0n) is 17.1. The molecule has 1 fully saturated rings. The topological polar surface area (TPSA) is 80.2 Å². The van der Waals surface area contributed by atoms with Crippen LogP contribution in [-0.4, -0.2) is 78.6 Å². The molecule has 2 rings (SSSR count). The van der Waals surface area contributed by atoms with Gasteiger partial charge in [0.25, 0.3) is 5.91 Å². The summed E-state index contributed by atoms with van der Waals surface area (Å²) >= 11 is 0. The van der Waals surface area contributed by atoms with E-state index >= 15 is 0 Å². The number of halogens is 1. The molecule has 1 heterocycles. The molecule has 28 heavy (non-hydrogen) atoms. The van der Waals surface area contributed by atoms with E-state index in [1.807, 2.05) is 0 Å². The third-order valence-electron chi connectivity index (χ3n) is 4.91. The highest BCUT2D eigenvalue weighted by molar-refractivity contribution is 14.0. The highest BCUT2D eigenvalue weighted by Gasteiger charge is 2.27. The molecule has 1 saturated heterocycles. The first-order valence-corrected chi connectivity index (χ1v) is 9.93. The van der Waals surface area contributed by atoms with Gasteiger partial charge in [-0.05, 0) is 50.7 Å². The van der Waals surface area contributed by atoms with Crippen molar-refractivity contribution in [1.29, 1.82) is 0 Å². The lowest BCUT2D eigenvalue weighted by Gasteiger charge is -2.27. The van der Waals surface area contributed by atoms with Crippen LogP contribution in [0.25, 0.3) is 0 Å². The molecule has 1 amide bonds. The standard InChI is InChI=1S/C20H33N5O2.HI/c1-4-21-20(25-14-11-17(15-25)24(5-2)6-3)23-13-12-22-19(27)16-7-9-18(26)10-8-16;/h7-10,17,26H,4-6,11-15H2,1-3H3,(H,21,23)(H,22,27);1H. The summed E-state index contributed by atoms with van der Waals surface area (Å²) < 4.78 is 0. The molecule has 158 valence electrons. The number of amides is 1. The number of hydrogen-bond acceptors (Lipinski definition) is 4. The molecule has 0 aliphatic carbocycles. The van der Waals surface area contributed by atoms with Gasteiger partial charge in [-0.2, -0.15) is 0 Å². The number of aliphatic imine (C=N–C) groups is 1. The number of phenolic OH excluding ortho intramolecular Hbond substituents is 1. The fourth-order valence-electron chi connectivity index (χ4n) is 3.44. The Kier molecular flexibility index (Phi) is 11.2. The van der Waals surface area contributed by atoms with Gasteiger partial charge in [-0.1, -0.05) is 13.8 Å². The van der Waals surface area contributed by atoms with Gasteiger partial charge in [0.15, 0.2) is 5.96 Å². The fraction of sp³-hybridized carbons (Fsp3) is 0.600. The molecule has 1 atom stereocenters. The van der Waals surface area contributed by atoms with E-state index in [4.69, 9.17) is 0 Å². The van der Waals surface area contributed by atoms with Crippen LogP contribution < -0.4 is 10.6 Å². The third kappa shape index (κ3) is 7.12. The summed E-state index contributed by atoms with van der Waals surface area (Å²) in [6, 6.07) is 6.81. The number of nitrogens with zero attached hydrogens (tertiary/aromatic N) is 3. The monoisotopic (exact) mass is 503 g/mol. The van der Waals surface area contributed by atoms with Crippen molar-refractivity contribution in [2.45, 2.75) is 33.2 Å². The molecular weight excluding hydrogens is 469 g/mol. The molecule has 1 unspecified atom stereocenters. The van der Waals surface area contributed by atoms with Crippen LogP contribution in [0.15, 0.2) is 29.3 Å². The second kappa shape index (κ2) is 12.8. The lowest BCUT2D eigenvalue weighted by molar-refractivity contribution is 0.0955. The number of likely N-dealkylation sites (tertiary alicyclic amines) is 1. The second-order valence-corrected chi connectivity index (χ2v) is 6.65. The van der Waals surface area contributed by atoms with Crippen molar-refractivity contribution in [3.05, 3.63) is 29.8 Å². The van der Waals surface area contributed by atoms with E-state index in [2.05, 4.69) is 46.2 Å². The summed E-state index contributed by atoms with van der Waals surface area (Å²) in [6.07, 6.45) is 1.16. The SMILES string of the molecule is CCNC(=NCCNC(=O)c1ccc(O)cc1)N1CCC(N(CC)CC)C1.I.